The number of nitrogens with zero attached hydrogens (tertiary/aromatic N) is 7. The summed E-state index contributed by atoms with van der Waals surface area (Å²) in [5.74, 6) is -0.837. The zero-order chi connectivity index (χ0) is 29.4. The molecule has 2 amide bonds. The molecule has 0 radical (unpaired) electrons. The number of halogens is 1. The Morgan fingerprint density at radius 1 is 1.07 bits per heavy atom. The van der Waals surface area contributed by atoms with Crippen LogP contribution in [0.2, 0.25) is 0 Å². The van der Waals surface area contributed by atoms with E-state index in [-0.39, 0.29) is 43.1 Å². The number of Topliss-reactive ketones (excluding diaryl/α,β-unsaturated/α-hetero) is 1. The lowest BCUT2D eigenvalue weighted by molar-refractivity contribution is -0.139. The molecule has 12 heteroatoms. The first-order valence-corrected chi connectivity index (χ1v) is 14.1. The van der Waals surface area contributed by atoms with E-state index in [0.29, 0.717) is 23.0 Å². The Bertz CT molecular complexity index is 1630. The number of aryl methyl sites for hydroxylation is 1. The fourth-order valence-electron chi connectivity index (χ4n) is 6.09. The van der Waals surface area contributed by atoms with Crippen molar-refractivity contribution >= 4 is 34.2 Å². The topological polar surface area (TPSA) is 118 Å². The summed E-state index contributed by atoms with van der Waals surface area (Å²) >= 11 is 0. The van der Waals surface area contributed by atoms with Gasteiger partial charge in [-0.15, -0.1) is 0 Å². The zero-order valence-corrected chi connectivity index (χ0v) is 23.6. The molecule has 2 aliphatic rings. The summed E-state index contributed by atoms with van der Waals surface area (Å²) in [6.07, 6.45) is 9.03. The van der Waals surface area contributed by atoms with Gasteiger partial charge in [-0.2, -0.15) is 15.3 Å². The van der Waals surface area contributed by atoms with E-state index in [0.717, 1.165) is 36.2 Å². The molecular weight excluding hydrogens is 539 g/mol. The van der Waals surface area contributed by atoms with Gasteiger partial charge in [0.25, 0.3) is 0 Å². The van der Waals surface area contributed by atoms with Crippen LogP contribution in [0.25, 0.3) is 22.0 Å². The van der Waals surface area contributed by atoms with E-state index in [1.54, 1.807) is 34.0 Å². The molecule has 6 rings (SSSR count). The van der Waals surface area contributed by atoms with Crippen LogP contribution < -0.4 is 10.2 Å². The highest BCUT2D eigenvalue weighted by molar-refractivity contribution is 6.08. The van der Waals surface area contributed by atoms with Crippen molar-refractivity contribution in [1.82, 2.24) is 34.8 Å². The second-order valence-corrected chi connectivity index (χ2v) is 11.2. The van der Waals surface area contributed by atoms with Gasteiger partial charge in [0.15, 0.2) is 5.78 Å². The Kier molecular flexibility index (Phi) is 7.44. The van der Waals surface area contributed by atoms with Crippen molar-refractivity contribution in [2.24, 2.45) is 7.05 Å². The second-order valence-electron chi connectivity index (χ2n) is 11.2. The van der Waals surface area contributed by atoms with Crippen molar-refractivity contribution < 1.29 is 18.8 Å². The number of benzene rings is 1. The van der Waals surface area contributed by atoms with Crippen molar-refractivity contribution in [2.75, 3.05) is 24.5 Å². The van der Waals surface area contributed by atoms with Crippen LogP contribution in [0.5, 0.6) is 0 Å². The van der Waals surface area contributed by atoms with Gasteiger partial charge in [-0.1, -0.05) is 6.07 Å². The molecule has 5 heterocycles. The van der Waals surface area contributed by atoms with Gasteiger partial charge in [-0.05, 0) is 43.5 Å². The maximum atomic E-state index is 14.7. The number of anilines is 1. The summed E-state index contributed by atoms with van der Waals surface area (Å²) in [7, 11) is 1.86. The molecule has 3 aromatic heterocycles. The summed E-state index contributed by atoms with van der Waals surface area (Å²) in [4.78, 5) is 43.0. The maximum Gasteiger partial charge on any atom is 0.243 e. The molecule has 0 saturated carbocycles. The number of likely N-dealkylation sites (tertiary alicyclic amines) is 1. The number of carbonyl (C=O) groups is 3. The molecule has 2 aliphatic heterocycles. The number of rotatable bonds is 7. The smallest absolute Gasteiger partial charge is 0.243 e. The van der Waals surface area contributed by atoms with Crippen molar-refractivity contribution in [3.05, 3.63) is 60.8 Å². The highest BCUT2D eigenvalue weighted by Crippen LogP contribution is 2.29. The first-order chi connectivity index (χ1) is 20.3. The van der Waals surface area contributed by atoms with Gasteiger partial charge in [0.05, 0.1) is 30.8 Å². The molecule has 0 spiro atoms. The molecular formula is C30H33FN8O3. The molecule has 3 atom stereocenters. The van der Waals surface area contributed by atoms with Gasteiger partial charge < -0.3 is 19.7 Å². The van der Waals surface area contributed by atoms with Crippen LogP contribution in [-0.4, -0.2) is 84.9 Å². The molecule has 218 valence electrons. The highest BCUT2D eigenvalue weighted by atomic mass is 19.1. The third-order valence-corrected chi connectivity index (χ3v) is 8.18. The van der Waals surface area contributed by atoms with Crippen LogP contribution in [-0.2, 0) is 23.2 Å². The number of fused-ring (bicyclic) bond motifs is 1. The normalized spacial score (nSPS) is 20.7. The quantitative estimate of drug-likeness (QED) is 0.339. The van der Waals surface area contributed by atoms with Gasteiger partial charge in [-0.3, -0.25) is 19.1 Å². The van der Waals surface area contributed by atoms with Crippen LogP contribution in [0.15, 0.2) is 55.2 Å². The Balaban J connectivity index is 1.18. The average Bonchev–Trinajstić information content (AvgIpc) is 3.70. The minimum Gasteiger partial charge on any atom is -0.367 e. The summed E-state index contributed by atoms with van der Waals surface area (Å²) in [6, 6.07) is 6.48. The van der Waals surface area contributed by atoms with Crippen LogP contribution in [0.3, 0.4) is 0 Å². The SMILES string of the molecule is CC(=O)c1cn(CC(=O)N2CC(F)C[C@H]2C(=O)NC2CCCN(c3cnn(C)c3)C2)c2ccc(-c3ccnnc3)cc12. The third-order valence-electron chi connectivity index (χ3n) is 8.18. The zero-order valence-electron chi connectivity index (χ0n) is 23.6. The lowest BCUT2D eigenvalue weighted by atomic mass is 10.0. The van der Waals surface area contributed by atoms with Gasteiger partial charge in [0.2, 0.25) is 11.8 Å². The predicted octanol–water partition coefficient (Wildman–Crippen LogP) is 2.76. The molecule has 0 aliphatic carbocycles. The van der Waals surface area contributed by atoms with E-state index >= 15 is 0 Å². The lowest BCUT2D eigenvalue weighted by Crippen LogP contribution is -2.53. The van der Waals surface area contributed by atoms with E-state index in [4.69, 9.17) is 0 Å². The number of hydrogen-bond donors (Lipinski definition) is 1. The first kappa shape index (κ1) is 27.6. The van der Waals surface area contributed by atoms with Crippen molar-refractivity contribution in [1.29, 1.82) is 0 Å². The van der Waals surface area contributed by atoms with E-state index in [2.05, 4.69) is 25.5 Å². The number of piperidine rings is 1. The van der Waals surface area contributed by atoms with Gasteiger partial charge in [-0.25, -0.2) is 4.39 Å². The number of aromatic nitrogens is 5. The van der Waals surface area contributed by atoms with Crippen molar-refractivity contribution in [2.45, 2.75) is 51.0 Å². The Morgan fingerprint density at radius 3 is 2.67 bits per heavy atom. The molecule has 4 aromatic rings. The van der Waals surface area contributed by atoms with E-state index in [1.165, 1.54) is 11.8 Å². The summed E-state index contributed by atoms with van der Waals surface area (Å²) in [5, 5.41) is 15.8. The van der Waals surface area contributed by atoms with Gasteiger partial charge in [0.1, 0.15) is 18.8 Å². The lowest BCUT2D eigenvalue weighted by Gasteiger charge is -2.35. The minimum absolute atomic E-state index is 0.0366. The molecule has 1 aromatic carbocycles. The number of carbonyl (C=O) groups excluding carboxylic acids is 3. The standard InChI is InChI=1S/C30H33FN8O3/c1-19(40)26-17-38(27-6-5-20(10-25(26)27)21-7-8-32-33-12-21)18-29(41)39-14-22(31)11-28(39)30(42)35-23-4-3-9-37(15-23)24-13-34-36(2)16-24/h5-8,10,12-13,16-17,22-23,28H,3-4,9,11,14-15,18H2,1-2H3,(H,35,42)/t22?,23?,28-/m0/s1. The van der Waals surface area contributed by atoms with Crippen molar-refractivity contribution in [3.63, 3.8) is 0 Å². The summed E-state index contributed by atoms with van der Waals surface area (Å²) in [6.45, 7) is 2.72. The van der Waals surface area contributed by atoms with Crippen LogP contribution >= 0.6 is 0 Å². The van der Waals surface area contributed by atoms with Crippen LogP contribution in [0, 0.1) is 0 Å². The van der Waals surface area contributed by atoms with Crippen LogP contribution in [0.1, 0.15) is 36.5 Å². The summed E-state index contributed by atoms with van der Waals surface area (Å²) in [5.41, 5.74) is 3.90. The molecule has 0 bridgehead atoms. The van der Waals surface area contributed by atoms with E-state index < -0.39 is 12.2 Å². The van der Waals surface area contributed by atoms with E-state index in [1.807, 2.05) is 37.5 Å². The summed E-state index contributed by atoms with van der Waals surface area (Å²) < 4.78 is 18.1. The molecule has 2 fully saturated rings. The number of hydrogen-bond acceptors (Lipinski definition) is 7. The Hall–Kier alpha value is -4.61. The Labute approximate surface area is 242 Å². The van der Waals surface area contributed by atoms with Crippen molar-refractivity contribution in [3.8, 4) is 11.1 Å². The van der Waals surface area contributed by atoms with Crippen LogP contribution in [0.4, 0.5) is 10.1 Å². The molecule has 2 saturated heterocycles. The molecule has 1 N–H and O–H groups in total. The first-order valence-electron chi connectivity index (χ1n) is 14.1. The maximum absolute atomic E-state index is 14.7. The minimum atomic E-state index is -1.28. The van der Waals surface area contributed by atoms with Gasteiger partial charge in [0, 0.05) is 67.0 Å². The van der Waals surface area contributed by atoms with E-state index in [9.17, 15) is 18.8 Å². The number of ketones is 1. The average molecular weight is 573 g/mol. The monoisotopic (exact) mass is 572 g/mol. The fourth-order valence-corrected chi connectivity index (χ4v) is 6.09. The molecule has 42 heavy (non-hydrogen) atoms. The van der Waals surface area contributed by atoms with Gasteiger partial charge >= 0.3 is 0 Å². The largest absolute Gasteiger partial charge is 0.367 e. The third kappa shape index (κ3) is 5.48. The predicted molar refractivity (Wildman–Crippen MR) is 155 cm³/mol. The molecule has 2 unspecified atom stereocenters. The fraction of sp³-hybridized carbons (Fsp3) is 0.400. The number of amides is 2. The Morgan fingerprint density at radius 2 is 1.93 bits per heavy atom. The number of nitrogens with one attached hydrogen (secondary N) is 1. The highest BCUT2D eigenvalue weighted by Gasteiger charge is 2.40. The second kappa shape index (κ2) is 11.3. The molecule has 11 nitrogen and oxygen atoms in total. The number of alkyl halides is 1.